The molecule has 8 nitrogen and oxygen atoms in total. The standard InChI is InChI=1S/C24H29NO5.C2H4O2/c1-15(2)25-20-12-10-18-19(23(20)30-16(3)26)11-13-21(22(18)24(27)28-4)29-14-17-8-6-5-7-9-17;1-2(3)4/h5-9,11,13,15,20,23,25H,10,12,14H2,1-4H3;1H3,(H,3,4)/t20-,23-;/m0./s1. The lowest BCUT2D eigenvalue weighted by molar-refractivity contribution is -0.149. The Morgan fingerprint density at radius 2 is 1.74 bits per heavy atom. The molecular weight excluding hydrogens is 438 g/mol. The molecule has 2 atom stereocenters. The number of benzene rings is 2. The molecule has 0 saturated carbocycles. The van der Waals surface area contributed by atoms with Crippen LogP contribution in [-0.2, 0) is 32.1 Å². The topological polar surface area (TPSA) is 111 Å². The SMILES string of the molecule is CC(=O)O.COC(=O)c1c(OCc2ccccc2)ccc2c1CC[C@H](NC(C)C)[C@H]2OC(C)=O. The first-order valence-corrected chi connectivity index (χ1v) is 11.2. The van der Waals surface area contributed by atoms with E-state index in [1.54, 1.807) is 6.07 Å². The van der Waals surface area contributed by atoms with E-state index in [1.165, 1.54) is 14.0 Å². The molecule has 0 aromatic heterocycles. The molecule has 8 heteroatoms. The molecule has 2 N–H and O–H groups in total. The van der Waals surface area contributed by atoms with Crippen molar-refractivity contribution in [3.05, 3.63) is 64.7 Å². The highest BCUT2D eigenvalue weighted by Gasteiger charge is 2.36. The van der Waals surface area contributed by atoms with Gasteiger partial charge in [-0.3, -0.25) is 9.59 Å². The molecule has 0 radical (unpaired) electrons. The summed E-state index contributed by atoms with van der Waals surface area (Å²) in [6.45, 7) is 6.94. The summed E-state index contributed by atoms with van der Waals surface area (Å²) in [6, 6.07) is 13.6. The van der Waals surface area contributed by atoms with Crippen molar-refractivity contribution in [3.8, 4) is 5.75 Å². The summed E-state index contributed by atoms with van der Waals surface area (Å²) in [4.78, 5) is 33.5. The number of carboxylic acid groups (broad SMARTS) is 1. The summed E-state index contributed by atoms with van der Waals surface area (Å²) in [7, 11) is 1.36. The summed E-state index contributed by atoms with van der Waals surface area (Å²) in [5.74, 6) is -1.17. The molecule has 0 fully saturated rings. The minimum absolute atomic E-state index is 0.0250. The maximum atomic E-state index is 12.7. The van der Waals surface area contributed by atoms with Gasteiger partial charge in [0.05, 0.1) is 7.11 Å². The molecule has 0 saturated heterocycles. The number of hydrogen-bond acceptors (Lipinski definition) is 7. The van der Waals surface area contributed by atoms with Gasteiger partial charge in [0.2, 0.25) is 0 Å². The van der Waals surface area contributed by atoms with E-state index >= 15 is 0 Å². The van der Waals surface area contributed by atoms with Gasteiger partial charge in [0.1, 0.15) is 24.0 Å². The zero-order valence-electron chi connectivity index (χ0n) is 20.3. The molecule has 34 heavy (non-hydrogen) atoms. The molecule has 2 aromatic carbocycles. The molecule has 0 unspecified atom stereocenters. The second-order valence-electron chi connectivity index (χ2n) is 8.29. The van der Waals surface area contributed by atoms with Crippen LogP contribution >= 0.6 is 0 Å². The van der Waals surface area contributed by atoms with Crippen molar-refractivity contribution in [2.45, 2.75) is 65.3 Å². The van der Waals surface area contributed by atoms with Crippen molar-refractivity contribution in [1.82, 2.24) is 5.32 Å². The summed E-state index contributed by atoms with van der Waals surface area (Å²) in [5, 5.41) is 10.9. The predicted octanol–water partition coefficient (Wildman–Crippen LogP) is 4.06. The number of fused-ring (bicyclic) bond motifs is 1. The molecule has 0 bridgehead atoms. The van der Waals surface area contributed by atoms with Crippen LogP contribution in [-0.4, -0.2) is 42.2 Å². The number of hydrogen-bond donors (Lipinski definition) is 2. The molecule has 0 amide bonds. The van der Waals surface area contributed by atoms with Crippen molar-refractivity contribution in [2.75, 3.05) is 7.11 Å². The Morgan fingerprint density at radius 3 is 2.29 bits per heavy atom. The molecule has 1 aliphatic carbocycles. The average Bonchev–Trinajstić information content (AvgIpc) is 2.78. The third kappa shape index (κ3) is 7.59. The summed E-state index contributed by atoms with van der Waals surface area (Å²) >= 11 is 0. The van der Waals surface area contributed by atoms with Gasteiger partial charge in [-0.15, -0.1) is 0 Å². The Labute approximate surface area is 200 Å². The van der Waals surface area contributed by atoms with Gasteiger partial charge in [0, 0.05) is 25.9 Å². The van der Waals surface area contributed by atoms with Crippen molar-refractivity contribution < 1.29 is 33.7 Å². The van der Waals surface area contributed by atoms with Gasteiger partial charge in [-0.2, -0.15) is 0 Å². The summed E-state index contributed by atoms with van der Waals surface area (Å²) < 4.78 is 16.7. The Balaban J connectivity index is 0.000000945. The number of carboxylic acids is 1. The lowest BCUT2D eigenvalue weighted by Crippen LogP contribution is -2.43. The number of carbonyl (C=O) groups is 3. The first-order valence-electron chi connectivity index (χ1n) is 11.2. The quantitative estimate of drug-likeness (QED) is 0.582. The lowest BCUT2D eigenvalue weighted by Gasteiger charge is -2.35. The zero-order chi connectivity index (χ0) is 25.3. The predicted molar refractivity (Wildman–Crippen MR) is 127 cm³/mol. The van der Waals surface area contributed by atoms with E-state index in [9.17, 15) is 9.59 Å². The number of rotatable bonds is 7. The first-order chi connectivity index (χ1) is 16.1. The fraction of sp³-hybridized carbons (Fsp3) is 0.423. The van der Waals surface area contributed by atoms with E-state index < -0.39 is 18.0 Å². The maximum Gasteiger partial charge on any atom is 0.341 e. The number of aliphatic carboxylic acids is 1. The van der Waals surface area contributed by atoms with Gasteiger partial charge in [-0.25, -0.2) is 4.79 Å². The van der Waals surface area contributed by atoms with Crippen LogP contribution < -0.4 is 10.1 Å². The van der Waals surface area contributed by atoms with Crippen LogP contribution in [0.5, 0.6) is 5.75 Å². The van der Waals surface area contributed by atoms with E-state index in [1.807, 2.05) is 36.4 Å². The van der Waals surface area contributed by atoms with Crippen LogP contribution in [0.4, 0.5) is 0 Å². The van der Waals surface area contributed by atoms with Crippen LogP contribution in [0, 0.1) is 0 Å². The molecule has 0 spiro atoms. The Kier molecular flexibility index (Phi) is 10.1. The Bertz CT molecular complexity index is 984. The highest BCUT2D eigenvalue weighted by atomic mass is 16.5. The van der Waals surface area contributed by atoms with E-state index in [4.69, 9.17) is 24.1 Å². The van der Waals surface area contributed by atoms with Gasteiger partial charge in [0.25, 0.3) is 5.97 Å². The zero-order valence-corrected chi connectivity index (χ0v) is 20.3. The van der Waals surface area contributed by atoms with Crippen molar-refractivity contribution >= 4 is 17.9 Å². The molecule has 184 valence electrons. The third-order valence-electron chi connectivity index (χ3n) is 5.16. The number of ether oxygens (including phenoxy) is 3. The monoisotopic (exact) mass is 471 g/mol. The third-order valence-corrected chi connectivity index (χ3v) is 5.16. The van der Waals surface area contributed by atoms with Crippen LogP contribution in [0.15, 0.2) is 42.5 Å². The largest absolute Gasteiger partial charge is 0.488 e. The second kappa shape index (κ2) is 12.7. The van der Waals surface area contributed by atoms with Gasteiger partial charge in [-0.05, 0) is 35.6 Å². The van der Waals surface area contributed by atoms with Crippen molar-refractivity contribution in [1.29, 1.82) is 0 Å². The van der Waals surface area contributed by atoms with E-state index in [2.05, 4.69) is 19.2 Å². The summed E-state index contributed by atoms with van der Waals surface area (Å²) in [5.41, 5.74) is 3.05. The second-order valence-corrected chi connectivity index (χ2v) is 8.29. The van der Waals surface area contributed by atoms with Crippen LogP contribution in [0.1, 0.15) is 67.3 Å². The molecule has 0 aliphatic heterocycles. The van der Waals surface area contributed by atoms with Crippen LogP contribution in [0.25, 0.3) is 0 Å². The van der Waals surface area contributed by atoms with Gasteiger partial charge < -0.3 is 24.6 Å². The highest BCUT2D eigenvalue weighted by Crippen LogP contribution is 2.39. The van der Waals surface area contributed by atoms with Crippen LogP contribution in [0.2, 0.25) is 0 Å². The Morgan fingerprint density at radius 1 is 1.09 bits per heavy atom. The first kappa shape index (κ1) is 26.9. The summed E-state index contributed by atoms with van der Waals surface area (Å²) in [6.07, 6.45) is 0.917. The fourth-order valence-corrected chi connectivity index (χ4v) is 3.95. The number of methoxy groups -OCH3 is 1. The lowest BCUT2D eigenvalue weighted by atomic mass is 9.82. The Hall–Kier alpha value is -3.39. The molecular formula is C26H33NO7. The smallest absolute Gasteiger partial charge is 0.341 e. The number of esters is 2. The fourth-order valence-electron chi connectivity index (χ4n) is 3.95. The van der Waals surface area contributed by atoms with E-state index in [0.717, 1.165) is 30.0 Å². The van der Waals surface area contributed by atoms with E-state index in [0.29, 0.717) is 24.3 Å². The number of carbonyl (C=O) groups excluding carboxylic acids is 2. The van der Waals surface area contributed by atoms with Gasteiger partial charge in [-0.1, -0.05) is 50.2 Å². The minimum atomic E-state index is -0.833. The van der Waals surface area contributed by atoms with Gasteiger partial charge in [0.15, 0.2) is 0 Å². The molecule has 2 aromatic rings. The highest BCUT2D eigenvalue weighted by molar-refractivity contribution is 5.94. The van der Waals surface area contributed by atoms with E-state index in [-0.39, 0.29) is 18.1 Å². The average molecular weight is 472 g/mol. The van der Waals surface area contributed by atoms with Crippen LogP contribution in [0.3, 0.4) is 0 Å². The molecule has 1 aliphatic rings. The number of nitrogens with one attached hydrogen (secondary N) is 1. The maximum absolute atomic E-state index is 12.7. The normalized spacial score (nSPS) is 16.5. The van der Waals surface area contributed by atoms with Crippen molar-refractivity contribution in [2.24, 2.45) is 0 Å². The minimum Gasteiger partial charge on any atom is -0.488 e. The molecule has 0 heterocycles. The van der Waals surface area contributed by atoms with Crippen molar-refractivity contribution in [3.63, 3.8) is 0 Å². The van der Waals surface area contributed by atoms with Gasteiger partial charge >= 0.3 is 11.9 Å². The molecule has 3 rings (SSSR count).